The maximum atomic E-state index is 14.0. The van der Waals surface area contributed by atoms with Crippen LogP contribution >= 0.6 is 0 Å². The summed E-state index contributed by atoms with van der Waals surface area (Å²) < 4.78 is 29.1. The SMILES string of the molecule is Cn1c(C2CCCN2Cc2cc(F)ccc2F)nc2ccccc2c1=O. The maximum absolute atomic E-state index is 14.0. The Bertz CT molecular complexity index is 1030. The molecular formula is C20H19F2N3O. The van der Waals surface area contributed by atoms with Gasteiger partial charge in [0.15, 0.2) is 0 Å². The van der Waals surface area contributed by atoms with Crippen LogP contribution in [0.15, 0.2) is 47.3 Å². The highest BCUT2D eigenvalue weighted by Gasteiger charge is 2.30. The van der Waals surface area contributed by atoms with Crippen molar-refractivity contribution in [2.75, 3.05) is 6.54 Å². The molecule has 26 heavy (non-hydrogen) atoms. The molecule has 1 fully saturated rings. The van der Waals surface area contributed by atoms with Gasteiger partial charge in [0.1, 0.15) is 17.5 Å². The van der Waals surface area contributed by atoms with E-state index in [1.807, 2.05) is 18.2 Å². The Labute approximate surface area is 149 Å². The van der Waals surface area contributed by atoms with E-state index in [4.69, 9.17) is 4.98 Å². The van der Waals surface area contributed by atoms with E-state index < -0.39 is 11.6 Å². The molecule has 1 atom stereocenters. The summed E-state index contributed by atoms with van der Waals surface area (Å²) in [5, 5.41) is 0.583. The first-order chi connectivity index (χ1) is 12.5. The van der Waals surface area contributed by atoms with Crippen molar-refractivity contribution in [2.24, 2.45) is 7.05 Å². The van der Waals surface area contributed by atoms with Crippen LogP contribution < -0.4 is 5.56 Å². The molecule has 1 saturated heterocycles. The van der Waals surface area contributed by atoms with Gasteiger partial charge >= 0.3 is 0 Å². The molecule has 3 aromatic rings. The van der Waals surface area contributed by atoms with Crippen molar-refractivity contribution in [2.45, 2.75) is 25.4 Å². The highest BCUT2D eigenvalue weighted by Crippen LogP contribution is 2.32. The molecule has 2 aromatic carbocycles. The second-order valence-corrected chi connectivity index (χ2v) is 6.72. The predicted octanol–water partition coefficient (Wildman–Crippen LogP) is 3.55. The van der Waals surface area contributed by atoms with Gasteiger partial charge in [-0.1, -0.05) is 12.1 Å². The van der Waals surface area contributed by atoms with Crippen molar-refractivity contribution in [1.82, 2.24) is 14.5 Å². The zero-order valence-electron chi connectivity index (χ0n) is 14.5. The van der Waals surface area contributed by atoms with Crippen LogP contribution in [0, 0.1) is 11.6 Å². The van der Waals surface area contributed by atoms with E-state index in [9.17, 15) is 13.6 Å². The Balaban J connectivity index is 1.73. The minimum absolute atomic E-state index is 0.0885. The van der Waals surface area contributed by atoms with Crippen LogP contribution in [0.25, 0.3) is 10.9 Å². The minimum Gasteiger partial charge on any atom is -0.298 e. The number of para-hydroxylation sites is 1. The van der Waals surface area contributed by atoms with Gasteiger partial charge in [-0.05, 0) is 49.7 Å². The fraction of sp³-hybridized carbons (Fsp3) is 0.300. The Morgan fingerprint density at radius 2 is 2.00 bits per heavy atom. The van der Waals surface area contributed by atoms with Crippen molar-refractivity contribution in [3.63, 3.8) is 0 Å². The normalized spacial score (nSPS) is 17.9. The molecule has 1 aromatic heterocycles. The number of nitrogens with zero attached hydrogens (tertiary/aromatic N) is 3. The van der Waals surface area contributed by atoms with Crippen LogP contribution in [-0.4, -0.2) is 21.0 Å². The van der Waals surface area contributed by atoms with Gasteiger partial charge < -0.3 is 0 Å². The van der Waals surface area contributed by atoms with Gasteiger partial charge in [0.25, 0.3) is 5.56 Å². The lowest BCUT2D eigenvalue weighted by Crippen LogP contribution is -2.30. The van der Waals surface area contributed by atoms with Gasteiger partial charge in [0, 0.05) is 19.2 Å². The molecule has 6 heteroatoms. The van der Waals surface area contributed by atoms with Crippen LogP contribution in [0.5, 0.6) is 0 Å². The number of benzene rings is 2. The Morgan fingerprint density at radius 3 is 2.85 bits per heavy atom. The van der Waals surface area contributed by atoms with Crippen molar-refractivity contribution < 1.29 is 8.78 Å². The Hall–Kier alpha value is -2.60. The van der Waals surface area contributed by atoms with E-state index in [1.165, 1.54) is 6.07 Å². The lowest BCUT2D eigenvalue weighted by atomic mass is 10.1. The Morgan fingerprint density at radius 1 is 1.19 bits per heavy atom. The van der Waals surface area contributed by atoms with Gasteiger partial charge in [-0.2, -0.15) is 0 Å². The van der Waals surface area contributed by atoms with Crippen LogP contribution in [0.4, 0.5) is 8.78 Å². The summed E-state index contributed by atoms with van der Waals surface area (Å²) in [6.45, 7) is 1.04. The zero-order valence-corrected chi connectivity index (χ0v) is 14.5. The second kappa shape index (κ2) is 6.61. The molecule has 134 valence electrons. The summed E-state index contributed by atoms with van der Waals surface area (Å²) in [7, 11) is 1.72. The molecule has 2 heterocycles. The number of halogens is 2. The topological polar surface area (TPSA) is 38.1 Å². The average Bonchev–Trinajstić information content (AvgIpc) is 3.09. The number of rotatable bonds is 3. The molecule has 0 spiro atoms. The molecule has 0 aliphatic carbocycles. The maximum Gasteiger partial charge on any atom is 0.261 e. The fourth-order valence-electron chi connectivity index (χ4n) is 3.72. The lowest BCUT2D eigenvalue weighted by molar-refractivity contribution is 0.231. The molecule has 4 nitrogen and oxygen atoms in total. The molecular weight excluding hydrogens is 336 g/mol. The van der Waals surface area contributed by atoms with E-state index >= 15 is 0 Å². The van der Waals surface area contributed by atoms with Crippen LogP contribution in [0.1, 0.15) is 30.3 Å². The largest absolute Gasteiger partial charge is 0.298 e. The zero-order chi connectivity index (χ0) is 18.3. The van der Waals surface area contributed by atoms with E-state index in [1.54, 1.807) is 17.7 Å². The summed E-state index contributed by atoms with van der Waals surface area (Å²) in [6, 6.07) is 10.7. The molecule has 0 N–H and O–H groups in total. The molecule has 1 unspecified atom stereocenters. The molecule has 0 amide bonds. The molecule has 1 aliphatic rings. The number of hydrogen-bond donors (Lipinski definition) is 0. The second-order valence-electron chi connectivity index (χ2n) is 6.72. The molecule has 4 rings (SSSR count). The number of hydrogen-bond acceptors (Lipinski definition) is 3. The third-order valence-corrected chi connectivity index (χ3v) is 5.06. The van der Waals surface area contributed by atoms with Gasteiger partial charge in [0.05, 0.1) is 16.9 Å². The van der Waals surface area contributed by atoms with E-state index in [0.717, 1.165) is 31.5 Å². The lowest BCUT2D eigenvalue weighted by Gasteiger charge is -2.25. The van der Waals surface area contributed by atoms with Crippen LogP contribution in [0.2, 0.25) is 0 Å². The number of likely N-dealkylation sites (tertiary alicyclic amines) is 1. The quantitative estimate of drug-likeness (QED) is 0.721. The minimum atomic E-state index is -0.451. The average molecular weight is 355 g/mol. The molecule has 0 radical (unpaired) electrons. The van der Waals surface area contributed by atoms with Gasteiger partial charge in [-0.25, -0.2) is 13.8 Å². The standard InChI is InChI=1S/C20H19F2N3O/c1-24-19(23-17-6-3-2-5-15(17)20(24)26)18-7-4-10-25(18)12-13-11-14(21)8-9-16(13)22/h2-3,5-6,8-9,11,18H,4,7,10,12H2,1H3. The van der Waals surface area contributed by atoms with Gasteiger partial charge in [-0.15, -0.1) is 0 Å². The van der Waals surface area contributed by atoms with Gasteiger partial charge in [-0.3, -0.25) is 14.3 Å². The van der Waals surface area contributed by atoms with Crippen molar-refractivity contribution in [1.29, 1.82) is 0 Å². The van der Waals surface area contributed by atoms with E-state index in [2.05, 4.69) is 4.90 Å². The highest BCUT2D eigenvalue weighted by atomic mass is 19.1. The van der Waals surface area contributed by atoms with Crippen molar-refractivity contribution in [3.8, 4) is 0 Å². The highest BCUT2D eigenvalue weighted by molar-refractivity contribution is 5.77. The summed E-state index contributed by atoms with van der Waals surface area (Å²) in [5.74, 6) is -0.200. The third-order valence-electron chi connectivity index (χ3n) is 5.06. The molecule has 0 saturated carbocycles. The summed E-state index contributed by atoms with van der Waals surface area (Å²) in [6.07, 6.45) is 1.75. The van der Waals surface area contributed by atoms with Crippen LogP contribution in [-0.2, 0) is 13.6 Å². The molecule has 0 bridgehead atoms. The van der Waals surface area contributed by atoms with Gasteiger partial charge in [0.2, 0.25) is 0 Å². The monoisotopic (exact) mass is 355 g/mol. The first-order valence-electron chi connectivity index (χ1n) is 8.68. The number of fused-ring (bicyclic) bond motifs is 1. The molecule has 1 aliphatic heterocycles. The fourth-order valence-corrected chi connectivity index (χ4v) is 3.72. The van der Waals surface area contributed by atoms with E-state index in [0.29, 0.717) is 22.3 Å². The first kappa shape index (κ1) is 16.8. The predicted molar refractivity (Wildman–Crippen MR) is 95.7 cm³/mol. The summed E-state index contributed by atoms with van der Waals surface area (Å²) in [4.78, 5) is 19.4. The smallest absolute Gasteiger partial charge is 0.261 e. The number of aromatic nitrogens is 2. The van der Waals surface area contributed by atoms with Crippen molar-refractivity contribution >= 4 is 10.9 Å². The van der Waals surface area contributed by atoms with E-state index in [-0.39, 0.29) is 18.1 Å². The Kier molecular flexibility index (Phi) is 4.28. The van der Waals surface area contributed by atoms with Crippen LogP contribution in [0.3, 0.4) is 0 Å². The summed E-state index contributed by atoms with van der Waals surface area (Å²) >= 11 is 0. The third kappa shape index (κ3) is 2.90. The summed E-state index contributed by atoms with van der Waals surface area (Å²) in [5.41, 5.74) is 0.895. The van der Waals surface area contributed by atoms with Crippen molar-refractivity contribution in [3.05, 3.63) is 75.8 Å². The first-order valence-corrected chi connectivity index (χ1v) is 8.68.